The van der Waals surface area contributed by atoms with Gasteiger partial charge in [0.1, 0.15) is 12.1 Å². The molecule has 0 saturated carbocycles. The van der Waals surface area contributed by atoms with Crippen molar-refractivity contribution in [2.45, 2.75) is 43.2 Å². The van der Waals surface area contributed by atoms with Crippen molar-refractivity contribution < 1.29 is 5.11 Å². The number of hydrogen-bond donors (Lipinski definition) is 4. The number of aliphatic hydroxyl groups is 1. The molecule has 0 saturated heterocycles. The number of nitrogens with zero attached hydrogens (tertiary/aromatic N) is 3. The Morgan fingerprint density at radius 1 is 1.06 bits per heavy atom. The molecule has 0 heterocycles. The fourth-order valence-corrected chi connectivity index (χ4v) is 1.43. The predicted molar refractivity (Wildman–Crippen MR) is 65.4 cm³/mol. The van der Waals surface area contributed by atoms with Gasteiger partial charge < -0.3 is 22.3 Å². The van der Waals surface area contributed by atoms with E-state index in [4.69, 9.17) is 17.2 Å². The summed E-state index contributed by atoms with van der Waals surface area (Å²) in [6.45, 7) is 1.03. The summed E-state index contributed by atoms with van der Waals surface area (Å²) < 4.78 is 0. The Morgan fingerprint density at radius 2 is 1.61 bits per heavy atom. The Kier molecular flexibility index (Phi) is 7.27. The van der Waals surface area contributed by atoms with Crippen LogP contribution < -0.4 is 17.2 Å². The third kappa shape index (κ3) is 4.14. The minimum Gasteiger partial charge on any atom is -0.390 e. The van der Waals surface area contributed by atoms with Gasteiger partial charge in [0.05, 0.1) is 30.8 Å². The molecular formula is C8H18N6O4. The molecule has 0 aromatic rings. The van der Waals surface area contributed by atoms with E-state index >= 15 is 0 Å². The van der Waals surface area contributed by atoms with Crippen molar-refractivity contribution in [3.63, 3.8) is 0 Å². The average Bonchev–Trinajstić information content (AvgIpc) is 2.37. The second-order valence-electron chi connectivity index (χ2n) is 4.06. The van der Waals surface area contributed by atoms with Crippen LogP contribution in [0.5, 0.6) is 0 Å². The molecule has 6 atom stereocenters. The summed E-state index contributed by atoms with van der Waals surface area (Å²) in [4.78, 5) is 31.1. The highest BCUT2D eigenvalue weighted by atomic mass is 16.3. The third-order valence-electron chi connectivity index (χ3n) is 2.75. The molecule has 7 N–H and O–H groups in total. The smallest absolute Gasteiger partial charge is 0.127 e. The number of aliphatic hydroxyl groups excluding tert-OH is 1. The number of nitrogens with two attached hydrogens (primary N) is 3. The summed E-state index contributed by atoms with van der Waals surface area (Å²) in [7, 11) is 0. The SMILES string of the molecule is CC(N=O)C(N)C(N=O)C(N)C(O)C(N)CN=O. The summed E-state index contributed by atoms with van der Waals surface area (Å²) in [6.07, 6.45) is -1.39. The molecule has 0 aliphatic heterocycles. The molecule has 0 amide bonds. The van der Waals surface area contributed by atoms with E-state index in [2.05, 4.69) is 15.5 Å². The van der Waals surface area contributed by atoms with Gasteiger partial charge in [0.25, 0.3) is 0 Å². The minimum absolute atomic E-state index is 0.364. The molecule has 0 spiro atoms. The standard InChI is InChI=1S/C8H18N6O4/c1-3(13-17)5(10)7(14-18)6(11)8(15)4(9)2-12-16/h3-8,15H,2,9-11H2,1H3. The summed E-state index contributed by atoms with van der Waals surface area (Å²) in [5, 5.41) is 17.6. The first-order valence-electron chi connectivity index (χ1n) is 5.29. The van der Waals surface area contributed by atoms with Crippen molar-refractivity contribution in [2.24, 2.45) is 32.7 Å². The highest BCUT2D eigenvalue weighted by Crippen LogP contribution is 2.12. The Hall–Kier alpha value is -1.36. The van der Waals surface area contributed by atoms with E-state index in [0.29, 0.717) is 0 Å². The van der Waals surface area contributed by atoms with E-state index < -0.39 is 36.3 Å². The van der Waals surface area contributed by atoms with Gasteiger partial charge in [-0.2, -0.15) is 14.7 Å². The van der Waals surface area contributed by atoms with Crippen molar-refractivity contribution in [3.05, 3.63) is 14.7 Å². The summed E-state index contributed by atoms with van der Waals surface area (Å²) in [5.74, 6) is 0. The van der Waals surface area contributed by atoms with Crippen LogP contribution in [-0.2, 0) is 0 Å². The van der Waals surface area contributed by atoms with E-state index in [0.717, 1.165) is 0 Å². The maximum absolute atomic E-state index is 10.7. The van der Waals surface area contributed by atoms with E-state index in [1.807, 2.05) is 0 Å². The summed E-state index contributed by atoms with van der Waals surface area (Å²) >= 11 is 0. The second-order valence-corrected chi connectivity index (χ2v) is 4.06. The van der Waals surface area contributed by atoms with Gasteiger partial charge in [0.2, 0.25) is 0 Å². The van der Waals surface area contributed by atoms with Crippen LogP contribution in [0.3, 0.4) is 0 Å². The van der Waals surface area contributed by atoms with Crippen LogP contribution in [0.25, 0.3) is 0 Å². The van der Waals surface area contributed by atoms with Crippen molar-refractivity contribution in [1.29, 1.82) is 0 Å². The lowest BCUT2D eigenvalue weighted by Gasteiger charge is -2.30. The molecule has 0 rings (SSSR count). The predicted octanol–water partition coefficient (Wildman–Crippen LogP) is -1.61. The number of rotatable bonds is 9. The molecule has 104 valence electrons. The maximum Gasteiger partial charge on any atom is 0.127 e. The first-order valence-corrected chi connectivity index (χ1v) is 5.29. The van der Waals surface area contributed by atoms with Gasteiger partial charge in [-0.1, -0.05) is 15.5 Å². The Labute approximate surface area is 103 Å². The molecule has 0 aromatic carbocycles. The first kappa shape index (κ1) is 16.6. The third-order valence-corrected chi connectivity index (χ3v) is 2.75. The Balaban J connectivity index is 4.78. The first-order chi connectivity index (χ1) is 8.40. The zero-order valence-electron chi connectivity index (χ0n) is 9.92. The molecule has 18 heavy (non-hydrogen) atoms. The van der Waals surface area contributed by atoms with Crippen LogP contribution in [0, 0.1) is 14.7 Å². The summed E-state index contributed by atoms with van der Waals surface area (Å²) in [6, 6.07) is -5.43. The number of nitroso groups, excluding NO2 is 3. The lowest BCUT2D eigenvalue weighted by molar-refractivity contribution is 0.103. The molecular weight excluding hydrogens is 244 g/mol. The molecule has 10 nitrogen and oxygen atoms in total. The van der Waals surface area contributed by atoms with Crippen molar-refractivity contribution >= 4 is 0 Å². The monoisotopic (exact) mass is 262 g/mol. The molecule has 0 fully saturated rings. The fraction of sp³-hybridized carbons (Fsp3) is 1.00. The highest BCUT2D eigenvalue weighted by molar-refractivity contribution is 4.98. The van der Waals surface area contributed by atoms with Gasteiger partial charge in [-0.3, -0.25) is 0 Å². The van der Waals surface area contributed by atoms with Crippen LogP contribution in [0.15, 0.2) is 15.5 Å². The Morgan fingerprint density at radius 3 is 2.00 bits per heavy atom. The molecule has 0 aliphatic rings. The van der Waals surface area contributed by atoms with Crippen LogP contribution in [0.2, 0.25) is 0 Å². The van der Waals surface area contributed by atoms with Crippen molar-refractivity contribution in [3.8, 4) is 0 Å². The maximum atomic E-state index is 10.7. The lowest BCUT2D eigenvalue weighted by Crippen LogP contribution is -2.59. The van der Waals surface area contributed by atoms with Gasteiger partial charge in [-0.15, -0.1) is 0 Å². The molecule has 0 bridgehead atoms. The van der Waals surface area contributed by atoms with Gasteiger partial charge in [0.15, 0.2) is 0 Å². The van der Waals surface area contributed by atoms with Crippen molar-refractivity contribution in [2.75, 3.05) is 6.54 Å². The molecule has 0 aromatic heterocycles. The quantitative estimate of drug-likeness (QED) is 0.359. The normalized spacial score (nSPS) is 21.2. The topological polar surface area (TPSA) is 187 Å². The van der Waals surface area contributed by atoms with Crippen LogP contribution >= 0.6 is 0 Å². The zero-order valence-corrected chi connectivity index (χ0v) is 9.92. The largest absolute Gasteiger partial charge is 0.390 e. The van der Waals surface area contributed by atoms with E-state index in [1.165, 1.54) is 6.92 Å². The minimum atomic E-state index is -1.39. The van der Waals surface area contributed by atoms with Gasteiger partial charge in [-0.05, 0) is 6.92 Å². The molecule has 10 heteroatoms. The number of hydrogen-bond acceptors (Lipinski definition) is 10. The Bertz CT molecular complexity index is 291. The summed E-state index contributed by atoms with van der Waals surface area (Å²) in [5.41, 5.74) is 16.6. The molecule has 0 aliphatic carbocycles. The van der Waals surface area contributed by atoms with Crippen LogP contribution in [0.1, 0.15) is 6.92 Å². The van der Waals surface area contributed by atoms with Crippen LogP contribution in [-0.4, -0.2) is 48.0 Å². The lowest BCUT2D eigenvalue weighted by atomic mass is 9.91. The van der Waals surface area contributed by atoms with Crippen molar-refractivity contribution in [1.82, 2.24) is 0 Å². The fourth-order valence-electron chi connectivity index (χ4n) is 1.43. The average molecular weight is 262 g/mol. The molecule has 6 unspecified atom stereocenters. The van der Waals surface area contributed by atoms with E-state index in [1.54, 1.807) is 0 Å². The van der Waals surface area contributed by atoms with Gasteiger partial charge >= 0.3 is 0 Å². The van der Waals surface area contributed by atoms with Gasteiger partial charge in [-0.25, -0.2) is 0 Å². The van der Waals surface area contributed by atoms with Gasteiger partial charge in [0, 0.05) is 0 Å². The zero-order chi connectivity index (χ0) is 14.3. The van der Waals surface area contributed by atoms with Crippen LogP contribution in [0.4, 0.5) is 0 Å². The molecule has 0 radical (unpaired) electrons. The highest BCUT2D eigenvalue weighted by Gasteiger charge is 2.36. The van der Waals surface area contributed by atoms with E-state index in [9.17, 15) is 19.8 Å². The second kappa shape index (κ2) is 7.87. The van der Waals surface area contributed by atoms with E-state index in [-0.39, 0.29) is 6.54 Å².